The van der Waals surface area contributed by atoms with Gasteiger partial charge in [-0.3, -0.25) is 0 Å². The van der Waals surface area contributed by atoms with Gasteiger partial charge in [0.05, 0.1) is 0 Å². The Balaban J connectivity index is 2.47. The molecule has 1 fully saturated rings. The lowest BCUT2D eigenvalue weighted by Crippen LogP contribution is -2.57. The van der Waals surface area contributed by atoms with Crippen LogP contribution < -0.4 is 5.32 Å². The van der Waals surface area contributed by atoms with Crippen LogP contribution in [0.5, 0.6) is 0 Å². The summed E-state index contributed by atoms with van der Waals surface area (Å²) in [5.74, 6) is 0.790. The van der Waals surface area contributed by atoms with Gasteiger partial charge in [0.1, 0.15) is 0 Å². The highest BCUT2D eigenvalue weighted by Gasteiger charge is 2.39. The second-order valence-corrected chi connectivity index (χ2v) is 4.46. The maximum Gasteiger partial charge on any atom is 0.0206 e. The Bertz CT molecular complexity index is 123. The summed E-state index contributed by atoms with van der Waals surface area (Å²) in [5, 5.41) is 3.69. The fourth-order valence-electron chi connectivity index (χ4n) is 2.02. The monoisotopic (exact) mass is 155 g/mol. The summed E-state index contributed by atoms with van der Waals surface area (Å²) in [5.41, 5.74) is 0.494. The molecule has 0 heterocycles. The second kappa shape index (κ2) is 3.14. The van der Waals surface area contributed by atoms with Gasteiger partial charge in [-0.25, -0.2) is 0 Å². The van der Waals surface area contributed by atoms with E-state index in [0.717, 1.165) is 5.92 Å². The van der Waals surface area contributed by atoms with Crippen molar-refractivity contribution in [3.05, 3.63) is 0 Å². The highest BCUT2D eigenvalue weighted by molar-refractivity contribution is 4.98. The Morgan fingerprint density at radius 2 is 1.64 bits per heavy atom. The zero-order valence-corrected chi connectivity index (χ0v) is 8.28. The molecule has 11 heavy (non-hydrogen) atoms. The van der Waals surface area contributed by atoms with Crippen molar-refractivity contribution in [1.82, 2.24) is 5.32 Å². The van der Waals surface area contributed by atoms with Crippen LogP contribution in [0.1, 0.15) is 47.0 Å². The van der Waals surface area contributed by atoms with E-state index in [1.165, 1.54) is 19.3 Å². The van der Waals surface area contributed by atoms with Gasteiger partial charge in [0.15, 0.2) is 0 Å². The van der Waals surface area contributed by atoms with E-state index in [-0.39, 0.29) is 0 Å². The van der Waals surface area contributed by atoms with Crippen molar-refractivity contribution in [2.45, 2.75) is 58.5 Å². The quantitative estimate of drug-likeness (QED) is 0.660. The number of nitrogens with one attached hydrogen (secondary N) is 1. The van der Waals surface area contributed by atoms with Crippen LogP contribution >= 0.6 is 0 Å². The molecule has 0 aromatic rings. The minimum Gasteiger partial charge on any atom is -0.309 e. The van der Waals surface area contributed by atoms with Crippen LogP contribution in [0.2, 0.25) is 0 Å². The van der Waals surface area contributed by atoms with Crippen LogP contribution in [0.4, 0.5) is 0 Å². The van der Waals surface area contributed by atoms with Crippen LogP contribution in [0.3, 0.4) is 0 Å². The minimum atomic E-state index is 0.494. The van der Waals surface area contributed by atoms with E-state index in [0.29, 0.717) is 11.6 Å². The summed E-state index contributed by atoms with van der Waals surface area (Å²) in [4.78, 5) is 0. The molecule has 0 amide bonds. The predicted molar refractivity (Wildman–Crippen MR) is 49.7 cm³/mol. The highest BCUT2D eigenvalue weighted by Crippen LogP contribution is 2.38. The molecule has 1 nitrogen and oxygen atoms in total. The Labute approximate surface area is 70.6 Å². The van der Waals surface area contributed by atoms with Gasteiger partial charge in [0, 0.05) is 11.6 Å². The highest BCUT2D eigenvalue weighted by atomic mass is 15.0. The average molecular weight is 155 g/mol. The summed E-state index contributed by atoms with van der Waals surface area (Å²) in [6.45, 7) is 9.13. The molecule has 0 spiro atoms. The van der Waals surface area contributed by atoms with Crippen LogP contribution in [-0.4, -0.2) is 11.6 Å². The third-order valence-corrected chi connectivity index (χ3v) is 2.93. The third-order valence-electron chi connectivity index (χ3n) is 2.93. The number of rotatable bonds is 3. The van der Waals surface area contributed by atoms with Gasteiger partial charge in [-0.2, -0.15) is 0 Å². The van der Waals surface area contributed by atoms with E-state index >= 15 is 0 Å². The van der Waals surface area contributed by atoms with Crippen molar-refractivity contribution in [1.29, 1.82) is 0 Å². The van der Waals surface area contributed by atoms with Crippen LogP contribution in [0, 0.1) is 5.92 Å². The van der Waals surface area contributed by atoms with Gasteiger partial charge in [-0.05, 0) is 25.2 Å². The molecule has 0 aromatic heterocycles. The van der Waals surface area contributed by atoms with Crippen LogP contribution in [-0.2, 0) is 0 Å². The zero-order chi connectivity index (χ0) is 8.48. The van der Waals surface area contributed by atoms with Crippen LogP contribution in [0.25, 0.3) is 0 Å². The molecule has 0 saturated heterocycles. The first kappa shape index (κ1) is 9.05. The van der Waals surface area contributed by atoms with Crippen molar-refractivity contribution < 1.29 is 0 Å². The van der Waals surface area contributed by atoms with E-state index in [1.807, 2.05) is 0 Å². The molecule has 1 aliphatic rings. The fourth-order valence-corrected chi connectivity index (χ4v) is 2.02. The van der Waals surface area contributed by atoms with Gasteiger partial charge in [0.2, 0.25) is 0 Å². The van der Waals surface area contributed by atoms with Gasteiger partial charge in [-0.1, -0.05) is 27.7 Å². The lowest BCUT2D eigenvalue weighted by Gasteiger charge is -2.47. The van der Waals surface area contributed by atoms with Gasteiger partial charge < -0.3 is 5.32 Å². The first-order chi connectivity index (χ1) is 5.07. The lowest BCUT2D eigenvalue weighted by atomic mass is 9.69. The molecule has 0 aromatic carbocycles. The molecule has 1 heteroatoms. The maximum atomic E-state index is 3.69. The van der Waals surface area contributed by atoms with E-state index in [2.05, 4.69) is 33.0 Å². The maximum absolute atomic E-state index is 3.69. The Morgan fingerprint density at radius 1 is 1.09 bits per heavy atom. The molecule has 0 aliphatic heterocycles. The van der Waals surface area contributed by atoms with E-state index < -0.39 is 0 Å². The van der Waals surface area contributed by atoms with Crippen LogP contribution in [0.15, 0.2) is 0 Å². The van der Waals surface area contributed by atoms with E-state index in [4.69, 9.17) is 0 Å². The molecule has 1 saturated carbocycles. The molecular formula is C10H21N. The molecule has 1 N–H and O–H groups in total. The van der Waals surface area contributed by atoms with Crippen molar-refractivity contribution in [3.8, 4) is 0 Å². The van der Waals surface area contributed by atoms with Gasteiger partial charge in [-0.15, -0.1) is 0 Å². The first-order valence-electron chi connectivity index (χ1n) is 4.84. The van der Waals surface area contributed by atoms with E-state index in [9.17, 15) is 0 Å². The Kier molecular flexibility index (Phi) is 2.58. The minimum absolute atomic E-state index is 0.494. The summed E-state index contributed by atoms with van der Waals surface area (Å²) < 4.78 is 0. The summed E-state index contributed by atoms with van der Waals surface area (Å²) >= 11 is 0. The summed E-state index contributed by atoms with van der Waals surface area (Å²) in [6.07, 6.45) is 4.17. The molecule has 1 aliphatic carbocycles. The molecule has 66 valence electrons. The van der Waals surface area contributed by atoms with Crippen molar-refractivity contribution in [2.24, 2.45) is 5.92 Å². The SMILES string of the molecule is CC(C)NC1(C(C)C)CCC1. The van der Waals surface area contributed by atoms with Crippen molar-refractivity contribution in [2.75, 3.05) is 0 Å². The number of hydrogen-bond donors (Lipinski definition) is 1. The van der Waals surface area contributed by atoms with Crippen molar-refractivity contribution in [3.63, 3.8) is 0 Å². The van der Waals surface area contributed by atoms with Gasteiger partial charge >= 0.3 is 0 Å². The summed E-state index contributed by atoms with van der Waals surface area (Å²) in [6, 6.07) is 0.637. The molecule has 0 radical (unpaired) electrons. The Morgan fingerprint density at radius 3 is 1.73 bits per heavy atom. The summed E-state index contributed by atoms with van der Waals surface area (Å²) in [7, 11) is 0. The predicted octanol–water partition coefficient (Wildman–Crippen LogP) is 2.56. The molecule has 1 rings (SSSR count). The largest absolute Gasteiger partial charge is 0.309 e. The zero-order valence-electron chi connectivity index (χ0n) is 8.28. The topological polar surface area (TPSA) is 12.0 Å². The first-order valence-corrected chi connectivity index (χ1v) is 4.84. The molecule has 0 unspecified atom stereocenters. The normalized spacial score (nSPS) is 22.4. The van der Waals surface area contributed by atoms with Gasteiger partial charge in [0.25, 0.3) is 0 Å². The second-order valence-electron chi connectivity index (χ2n) is 4.46. The average Bonchev–Trinajstić information content (AvgIpc) is 1.77. The third kappa shape index (κ3) is 1.76. The molecule has 0 bridgehead atoms. The lowest BCUT2D eigenvalue weighted by molar-refractivity contribution is 0.111. The fraction of sp³-hybridized carbons (Fsp3) is 1.00. The molecule has 0 atom stereocenters. The molecular weight excluding hydrogens is 134 g/mol. The van der Waals surface area contributed by atoms with E-state index in [1.54, 1.807) is 0 Å². The standard InChI is InChI=1S/C10H21N/c1-8(2)10(6-5-7-10)11-9(3)4/h8-9,11H,5-7H2,1-4H3. The Hall–Kier alpha value is -0.0400. The number of hydrogen-bond acceptors (Lipinski definition) is 1. The van der Waals surface area contributed by atoms with Crippen molar-refractivity contribution >= 4 is 0 Å². The smallest absolute Gasteiger partial charge is 0.0206 e.